The lowest BCUT2D eigenvalue weighted by atomic mass is 10.1. The van der Waals surface area contributed by atoms with Crippen molar-refractivity contribution < 1.29 is 14.3 Å². The molecular weight excluding hydrogens is 194 g/mol. The van der Waals surface area contributed by atoms with E-state index in [0.717, 1.165) is 0 Å². The maximum absolute atomic E-state index is 11.0. The summed E-state index contributed by atoms with van der Waals surface area (Å²) in [4.78, 5) is 11.0. The quantitative estimate of drug-likeness (QED) is 0.634. The van der Waals surface area contributed by atoms with Gasteiger partial charge in [0.1, 0.15) is 6.04 Å². The first-order valence-electron chi connectivity index (χ1n) is 4.00. The monoisotopic (exact) mass is 209 g/mol. The van der Waals surface area contributed by atoms with E-state index in [1.54, 1.807) is 0 Å². The van der Waals surface area contributed by atoms with Crippen LogP contribution in [0.25, 0.3) is 0 Å². The lowest BCUT2D eigenvalue weighted by Crippen LogP contribution is -2.54. The van der Waals surface area contributed by atoms with Crippen molar-refractivity contribution in [2.24, 2.45) is 0 Å². The average molecular weight is 210 g/mol. The molecule has 1 aliphatic rings. The van der Waals surface area contributed by atoms with Crippen molar-refractivity contribution in [1.29, 1.82) is 0 Å². The number of morpholine rings is 1. The molecule has 1 atom stereocenters. The maximum Gasteiger partial charge on any atom is 0.325 e. The molecule has 1 heterocycles. The summed E-state index contributed by atoms with van der Waals surface area (Å²) in [6, 6.07) is -0.303. The minimum atomic E-state index is -0.303. The number of halogens is 1. The summed E-state index contributed by atoms with van der Waals surface area (Å²) in [7, 11) is 1.38. The van der Waals surface area contributed by atoms with Crippen molar-refractivity contribution >= 4 is 18.4 Å². The zero-order chi connectivity index (χ0) is 9.19. The second kappa shape index (κ2) is 4.79. The van der Waals surface area contributed by atoms with Crippen molar-refractivity contribution in [1.82, 2.24) is 5.32 Å². The fourth-order valence-electron chi connectivity index (χ4n) is 1.08. The first-order valence-corrected chi connectivity index (χ1v) is 4.00. The molecule has 0 aromatic carbocycles. The van der Waals surface area contributed by atoms with E-state index in [0.29, 0.717) is 13.2 Å². The van der Waals surface area contributed by atoms with Crippen LogP contribution in [-0.4, -0.2) is 37.9 Å². The molecule has 0 unspecified atom stereocenters. The van der Waals surface area contributed by atoms with E-state index in [1.807, 2.05) is 13.8 Å². The molecule has 0 amide bonds. The molecular formula is C8H16ClNO3. The predicted molar refractivity (Wildman–Crippen MR) is 51.1 cm³/mol. The van der Waals surface area contributed by atoms with E-state index in [9.17, 15) is 4.79 Å². The number of rotatable bonds is 1. The molecule has 0 bridgehead atoms. The van der Waals surface area contributed by atoms with Gasteiger partial charge in [0.15, 0.2) is 0 Å². The number of esters is 1. The van der Waals surface area contributed by atoms with Gasteiger partial charge in [-0.3, -0.25) is 10.1 Å². The second-order valence-corrected chi connectivity index (χ2v) is 3.53. The SMILES string of the molecule is COC(=O)[C@@H]1COC(C)(C)CN1.Cl. The van der Waals surface area contributed by atoms with Gasteiger partial charge in [0.05, 0.1) is 19.3 Å². The fourth-order valence-corrected chi connectivity index (χ4v) is 1.08. The van der Waals surface area contributed by atoms with Gasteiger partial charge in [-0.1, -0.05) is 0 Å². The predicted octanol–water partition coefficient (Wildman–Crippen LogP) is 0.348. The number of hydrogen-bond donors (Lipinski definition) is 1. The summed E-state index contributed by atoms with van der Waals surface area (Å²) in [6.45, 7) is 5.02. The molecule has 5 heteroatoms. The number of carbonyl (C=O) groups is 1. The molecule has 1 fully saturated rings. The van der Waals surface area contributed by atoms with Gasteiger partial charge in [0.25, 0.3) is 0 Å². The van der Waals surface area contributed by atoms with Crippen LogP contribution in [0, 0.1) is 0 Å². The van der Waals surface area contributed by atoms with Crippen LogP contribution in [0.4, 0.5) is 0 Å². The van der Waals surface area contributed by atoms with Crippen molar-refractivity contribution in [2.45, 2.75) is 25.5 Å². The van der Waals surface area contributed by atoms with E-state index < -0.39 is 0 Å². The average Bonchev–Trinajstić information content (AvgIpc) is 2.03. The van der Waals surface area contributed by atoms with E-state index in [4.69, 9.17) is 4.74 Å². The lowest BCUT2D eigenvalue weighted by molar-refractivity contribution is -0.150. The molecule has 1 saturated heterocycles. The number of methoxy groups -OCH3 is 1. The topological polar surface area (TPSA) is 47.6 Å². The van der Waals surface area contributed by atoms with Crippen molar-refractivity contribution in [2.75, 3.05) is 20.3 Å². The van der Waals surface area contributed by atoms with Crippen LogP contribution in [0.2, 0.25) is 0 Å². The Bertz CT molecular complexity index is 174. The lowest BCUT2D eigenvalue weighted by Gasteiger charge is -2.34. The largest absolute Gasteiger partial charge is 0.468 e. The smallest absolute Gasteiger partial charge is 0.325 e. The molecule has 0 radical (unpaired) electrons. The molecule has 13 heavy (non-hydrogen) atoms. The van der Waals surface area contributed by atoms with Gasteiger partial charge in [-0.2, -0.15) is 0 Å². The minimum absolute atomic E-state index is 0. The fraction of sp³-hybridized carbons (Fsp3) is 0.875. The van der Waals surface area contributed by atoms with Crippen LogP contribution in [-0.2, 0) is 14.3 Å². The molecule has 78 valence electrons. The van der Waals surface area contributed by atoms with E-state index in [-0.39, 0.29) is 30.0 Å². The van der Waals surface area contributed by atoms with Crippen LogP contribution in [0.15, 0.2) is 0 Å². The summed E-state index contributed by atoms with van der Waals surface area (Å²) in [5.74, 6) is -0.259. The van der Waals surface area contributed by atoms with E-state index >= 15 is 0 Å². The highest BCUT2D eigenvalue weighted by atomic mass is 35.5. The van der Waals surface area contributed by atoms with Gasteiger partial charge in [0, 0.05) is 6.54 Å². The highest BCUT2D eigenvalue weighted by Crippen LogP contribution is 2.13. The first-order chi connectivity index (χ1) is 5.55. The zero-order valence-corrected chi connectivity index (χ0v) is 8.94. The van der Waals surface area contributed by atoms with Crippen molar-refractivity contribution in [3.63, 3.8) is 0 Å². The van der Waals surface area contributed by atoms with Crippen molar-refractivity contribution in [3.05, 3.63) is 0 Å². The van der Waals surface area contributed by atoms with Crippen molar-refractivity contribution in [3.8, 4) is 0 Å². The third-order valence-corrected chi connectivity index (χ3v) is 1.90. The summed E-state index contributed by atoms with van der Waals surface area (Å²) in [5.41, 5.74) is -0.176. The van der Waals surface area contributed by atoms with Crippen LogP contribution >= 0.6 is 12.4 Å². The van der Waals surface area contributed by atoms with Gasteiger partial charge >= 0.3 is 5.97 Å². The third-order valence-electron chi connectivity index (χ3n) is 1.90. The maximum atomic E-state index is 11.0. The second-order valence-electron chi connectivity index (χ2n) is 3.53. The summed E-state index contributed by atoms with van der Waals surface area (Å²) in [5, 5.41) is 3.06. The first kappa shape index (κ1) is 12.7. The standard InChI is InChI=1S/C8H15NO3.ClH/c1-8(2)5-9-6(4-12-8)7(10)11-3;/h6,9H,4-5H2,1-3H3;1H/t6-;/m0./s1. The molecule has 1 aliphatic heterocycles. The van der Waals surface area contributed by atoms with Gasteiger partial charge in [-0.25, -0.2) is 0 Å². The van der Waals surface area contributed by atoms with Crippen LogP contribution in [0.3, 0.4) is 0 Å². The highest BCUT2D eigenvalue weighted by Gasteiger charge is 2.31. The van der Waals surface area contributed by atoms with Gasteiger partial charge in [-0.05, 0) is 13.8 Å². The summed E-state index contributed by atoms with van der Waals surface area (Å²) >= 11 is 0. The Morgan fingerprint density at radius 3 is 2.62 bits per heavy atom. The molecule has 0 spiro atoms. The highest BCUT2D eigenvalue weighted by molar-refractivity contribution is 5.85. The molecule has 0 saturated carbocycles. The van der Waals surface area contributed by atoms with Crippen LogP contribution in [0.5, 0.6) is 0 Å². The van der Waals surface area contributed by atoms with Crippen LogP contribution in [0.1, 0.15) is 13.8 Å². The molecule has 0 aliphatic carbocycles. The normalized spacial score (nSPS) is 25.9. The Labute approximate surface area is 84.4 Å². The number of ether oxygens (including phenoxy) is 2. The third kappa shape index (κ3) is 3.50. The minimum Gasteiger partial charge on any atom is -0.468 e. The van der Waals surface area contributed by atoms with E-state index in [2.05, 4.69) is 10.1 Å². The van der Waals surface area contributed by atoms with E-state index in [1.165, 1.54) is 7.11 Å². The molecule has 1 rings (SSSR count). The number of nitrogens with one attached hydrogen (secondary N) is 1. The number of carbonyl (C=O) groups excluding carboxylic acids is 1. The Balaban J connectivity index is 0.00000144. The Morgan fingerprint density at radius 1 is 1.62 bits per heavy atom. The number of hydrogen-bond acceptors (Lipinski definition) is 4. The Morgan fingerprint density at radius 2 is 2.23 bits per heavy atom. The van der Waals surface area contributed by atoms with Gasteiger partial charge in [-0.15, -0.1) is 12.4 Å². The Hall–Kier alpha value is -0.320. The summed E-state index contributed by atoms with van der Waals surface area (Å²) in [6.07, 6.45) is 0. The molecule has 0 aromatic heterocycles. The van der Waals surface area contributed by atoms with Gasteiger partial charge in [0.2, 0.25) is 0 Å². The molecule has 0 aromatic rings. The van der Waals surface area contributed by atoms with Gasteiger partial charge < -0.3 is 9.47 Å². The van der Waals surface area contributed by atoms with Crippen LogP contribution < -0.4 is 5.32 Å². The molecule has 4 nitrogen and oxygen atoms in total. The zero-order valence-electron chi connectivity index (χ0n) is 8.12. The molecule has 1 N–H and O–H groups in total. The summed E-state index contributed by atoms with van der Waals surface area (Å²) < 4.78 is 10.0. The Kier molecular flexibility index (Phi) is 4.67.